The monoisotopic (exact) mass is 924 g/mol. The summed E-state index contributed by atoms with van der Waals surface area (Å²) in [7, 11) is -10.6. The number of non-ortho nitro benzene ring substituents is 2. The summed E-state index contributed by atoms with van der Waals surface area (Å²) < 4.78 is 67.2. The second-order valence-corrected chi connectivity index (χ2v) is 13.6. The largest absolute Gasteiger partial charge is 1.00 e. The molecule has 0 spiro atoms. The number of nitro benzene ring substituents is 2. The molecule has 0 bridgehead atoms. The second kappa shape index (κ2) is 22.3. The number of hydrogen-bond acceptors (Lipinski definition) is 18. The fourth-order valence-electron chi connectivity index (χ4n) is 4.09. The van der Waals surface area contributed by atoms with E-state index in [1.54, 1.807) is 36.4 Å². The van der Waals surface area contributed by atoms with Gasteiger partial charge in [-0.2, -0.15) is 0 Å². The molecule has 313 valence electrons. The number of Topliss-reactive ketones (excluding diaryl/α,β-unsaturated/α-hetero) is 2. The predicted octanol–water partition coefficient (Wildman–Crippen LogP) is 0.813. The third-order valence-electron chi connectivity index (χ3n) is 6.72. The van der Waals surface area contributed by atoms with E-state index >= 15 is 0 Å². The summed E-state index contributed by atoms with van der Waals surface area (Å²) in [5.41, 5.74) is 2.60. The molecule has 0 aliphatic heterocycles. The van der Waals surface area contributed by atoms with Crippen molar-refractivity contribution in [2.45, 2.75) is 23.6 Å². The Kier molecular flexibility index (Phi) is 19.2. The van der Waals surface area contributed by atoms with Gasteiger partial charge in [0.15, 0.2) is 23.0 Å². The molecule has 0 fully saturated rings. The standard InChI is InChI=1S/2C16H14N4O8S.Co.Na/c2*1-9(21)14(16(23)17-10-5-3-2-4-6-10)19-18-12-7-11(20(24)25)8-13(15(12)22)29(26,27)28;;/h2*2-8H,1H3,(H4,17,18,19,21,22,23,26,27,28);;/q;;;+1/p-2. The van der Waals surface area contributed by atoms with Crippen LogP contribution in [-0.4, -0.2) is 80.8 Å². The Bertz CT molecular complexity index is 2430. The van der Waals surface area contributed by atoms with Crippen LogP contribution in [0.25, 0.3) is 10.9 Å². The normalized spacial score (nSPS) is 11.2. The molecule has 0 aliphatic rings. The maximum absolute atomic E-state index is 12.2. The van der Waals surface area contributed by atoms with E-state index in [-0.39, 0.29) is 49.2 Å². The molecule has 4 aromatic rings. The summed E-state index contributed by atoms with van der Waals surface area (Å²) in [6, 6.07) is 18.0. The van der Waals surface area contributed by atoms with Gasteiger partial charge in [0.1, 0.15) is 41.5 Å². The Morgan fingerprint density at radius 3 is 1.18 bits per heavy atom. The molecule has 0 aromatic heterocycles. The molecule has 60 heavy (non-hydrogen) atoms. The zero-order valence-corrected chi connectivity index (χ0v) is 35.2. The number of phenolic OH excluding ortho intramolecular Hbond substituents is 2. The number of nitrogens with one attached hydrogen (secondary N) is 2. The molecule has 4 N–H and O–H groups in total. The Labute approximate surface area is 373 Å². The quantitative estimate of drug-likeness (QED) is 0.0339. The first kappa shape index (κ1) is 51.8. The number of rotatable bonds is 14. The van der Waals surface area contributed by atoms with Crippen LogP contribution in [0.15, 0.2) is 105 Å². The molecule has 0 saturated heterocycles. The van der Waals surface area contributed by atoms with E-state index in [0.29, 0.717) is 35.6 Å². The van der Waals surface area contributed by atoms with Gasteiger partial charge < -0.3 is 51.0 Å². The van der Waals surface area contributed by atoms with Gasteiger partial charge in [0.25, 0.3) is 23.2 Å². The number of aromatic hydroxyl groups is 2. The van der Waals surface area contributed by atoms with Gasteiger partial charge >= 0.3 is 32.4 Å². The van der Waals surface area contributed by atoms with Crippen molar-refractivity contribution in [1.29, 1.82) is 0 Å². The van der Waals surface area contributed by atoms with Crippen molar-refractivity contribution in [2.24, 2.45) is 10.2 Å². The number of para-hydroxylation sites is 2. The molecular weight excluding hydrogens is 898 g/mol. The number of carbonyl (C=O) groups is 4. The van der Waals surface area contributed by atoms with E-state index in [1.807, 2.05) is 0 Å². The van der Waals surface area contributed by atoms with Crippen molar-refractivity contribution < 1.29 is 114 Å². The number of carbonyl (C=O) groups excluding carboxylic acids is 4. The summed E-state index contributed by atoms with van der Waals surface area (Å²) >= 11 is 0. The van der Waals surface area contributed by atoms with Gasteiger partial charge in [-0.1, -0.05) is 47.8 Å². The van der Waals surface area contributed by atoms with E-state index in [1.165, 1.54) is 24.3 Å². The summed E-state index contributed by atoms with van der Waals surface area (Å²) in [5.74, 6) is -6.00. The molecule has 0 saturated carbocycles. The molecule has 0 unspecified atom stereocenters. The van der Waals surface area contributed by atoms with Gasteiger partial charge in [-0.25, -0.2) is 16.8 Å². The minimum absolute atomic E-state index is 0. The summed E-state index contributed by atoms with van der Waals surface area (Å²) in [4.78, 5) is 65.1. The van der Waals surface area contributed by atoms with Crippen molar-refractivity contribution in [3.05, 3.63) is 116 Å². The topological polar surface area (TPSA) is 386 Å². The fraction of sp³-hybridized carbons (Fsp3) is 0.0625. The molecule has 1 radical (unpaired) electrons. The SMILES string of the molecule is CC(=O)/C(=N\[N-]c1cc([N+](=O)[O-])cc(S(=O)(=O)[O-])c1O)C(=O)Nc1ccccc1.CC(=O)/C(=N\[N-]c1cc([N+](=O)[O-])cc(S(=O)(=O)[O-])c1O)C(=O)Nc1ccccc1.[Co].[H+].[H+].[Na+]. The van der Waals surface area contributed by atoms with E-state index in [4.69, 9.17) is 0 Å². The molecule has 28 heteroatoms. The van der Waals surface area contributed by atoms with Gasteiger partial charge in [0, 0.05) is 66.3 Å². The average molecular weight is 925 g/mol. The summed E-state index contributed by atoms with van der Waals surface area (Å²) in [6.45, 7) is 2.00. The van der Waals surface area contributed by atoms with Crippen molar-refractivity contribution in [3.63, 3.8) is 0 Å². The van der Waals surface area contributed by atoms with Gasteiger partial charge in [0.2, 0.25) is 0 Å². The van der Waals surface area contributed by atoms with Gasteiger partial charge in [0.05, 0.1) is 9.85 Å². The fourth-order valence-corrected chi connectivity index (χ4v) is 5.30. The Morgan fingerprint density at radius 1 is 0.633 bits per heavy atom. The summed E-state index contributed by atoms with van der Waals surface area (Å²) in [5, 5.41) is 53.2. The predicted molar refractivity (Wildman–Crippen MR) is 200 cm³/mol. The minimum Gasteiger partial charge on any atom is -0.744 e. The van der Waals surface area contributed by atoms with Crippen LogP contribution < -0.4 is 40.2 Å². The van der Waals surface area contributed by atoms with Gasteiger partial charge in [-0.15, -0.1) is 0 Å². The maximum atomic E-state index is 12.2. The molecule has 0 aliphatic carbocycles. The van der Waals surface area contributed by atoms with Gasteiger partial charge in [-0.05, 0) is 24.3 Å². The Hall–Kier alpha value is -6.17. The first-order valence-corrected chi connectivity index (χ1v) is 18.1. The number of nitrogens with zero attached hydrogens (tertiary/aromatic N) is 6. The Balaban J connectivity index is 0. The van der Waals surface area contributed by atoms with Crippen LogP contribution in [-0.2, 0) is 56.2 Å². The number of anilines is 2. The van der Waals surface area contributed by atoms with Crippen LogP contribution in [0.5, 0.6) is 11.5 Å². The van der Waals surface area contributed by atoms with Crippen LogP contribution >= 0.6 is 0 Å². The molecule has 2 amide bonds. The smallest absolute Gasteiger partial charge is 0.744 e. The molecule has 24 nitrogen and oxygen atoms in total. The van der Waals surface area contributed by atoms with Crippen molar-refractivity contribution in [3.8, 4) is 11.5 Å². The van der Waals surface area contributed by atoms with E-state index in [0.717, 1.165) is 13.8 Å². The van der Waals surface area contributed by atoms with E-state index < -0.39 is 109 Å². The number of hydrogen-bond donors (Lipinski definition) is 4. The molecular formula is C32H26CoN8NaO16S2-. The molecule has 0 atom stereocenters. The van der Waals surface area contributed by atoms with Crippen LogP contribution in [0, 0.1) is 20.2 Å². The van der Waals surface area contributed by atoms with E-state index in [9.17, 15) is 75.6 Å². The number of nitro groups is 2. The zero-order valence-electron chi connectivity index (χ0n) is 32.5. The van der Waals surface area contributed by atoms with Crippen LogP contribution in [0.3, 0.4) is 0 Å². The van der Waals surface area contributed by atoms with Crippen LogP contribution in [0.4, 0.5) is 34.1 Å². The van der Waals surface area contributed by atoms with Crippen molar-refractivity contribution in [2.75, 3.05) is 10.6 Å². The number of benzene rings is 4. The average Bonchev–Trinajstić information content (AvgIpc) is 3.12. The van der Waals surface area contributed by atoms with Crippen LogP contribution in [0.1, 0.15) is 16.7 Å². The number of phenols is 2. The van der Waals surface area contributed by atoms with Crippen molar-refractivity contribution >= 4 is 89.2 Å². The van der Waals surface area contributed by atoms with Crippen molar-refractivity contribution in [1.82, 2.24) is 0 Å². The minimum atomic E-state index is -5.28. The zero-order chi connectivity index (χ0) is 43.5. The molecule has 4 rings (SSSR count). The second-order valence-electron chi connectivity index (χ2n) is 10.9. The third-order valence-corrected chi connectivity index (χ3v) is 8.42. The summed E-state index contributed by atoms with van der Waals surface area (Å²) in [6.07, 6.45) is 0. The van der Waals surface area contributed by atoms with Crippen LogP contribution in [0.2, 0.25) is 0 Å². The Morgan fingerprint density at radius 2 is 0.933 bits per heavy atom. The number of ketones is 2. The van der Waals surface area contributed by atoms with Gasteiger partial charge in [-0.3, -0.25) is 39.4 Å². The first-order valence-electron chi connectivity index (χ1n) is 15.3. The number of amides is 2. The third kappa shape index (κ3) is 14.6. The van der Waals surface area contributed by atoms with E-state index in [2.05, 4.69) is 31.7 Å². The molecule has 0 heterocycles. The first-order chi connectivity index (χ1) is 27.0. The molecule has 4 aromatic carbocycles. The maximum Gasteiger partial charge on any atom is 1.00 e.